The minimum Gasteiger partial charge on any atom is -0.352 e. The second-order valence-corrected chi connectivity index (χ2v) is 6.54. The van der Waals surface area contributed by atoms with E-state index in [-0.39, 0.29) is 0 Å². The van der Waals surface area contributed by atoms with Crippen molar-refractivity contribution in [3.8, 4) is 0 Å². The largest absolute Gasteiger partial charge is 0.352 e. The Morgan fingerprint density at radius 2 is 2.05 bits per heavy atom. The molecule has 1 saturated heterocycles. The highest BCUT2D eigenvalue weighted by molar-refractivity contribution is 9.10. The van der Waals surface area contributed by atoms with Gasteiger partial charge in [0.1, 0.15) is 12.1 Å². The monoisotopic (exact) mass is 333 g/mol. The number of hydrogen-bond donors (Lipinski definition) is 0. The topological polar surface area (TPSA) is 46.8 Å². The zero-order valence-corrected chi connectivity index (χ0v) is 12.7. The molecule has 2 aromatic heterocycles. The average molecular weight is 334 g/mol. The van der Waals surface area contributed by atoms with Crippen molar-refractivity contribution in [2.75, 3.05) is 18.0 Å². The van der Waals surface area contributed by atoms with Gasteiger partial charge in [0, 0.05) is 37.0 Å². The molecular formula is C14H16BrN5. The Labute approximate surface area is 126 Å². The Kier molecular flexibility index (Phi) is 2.98. The average Bonchev–Trinajstić information content (AvgIpc) is 2.72. The van der Waals surface area contributed by atoms with E-state index in [1.807, 2.05) is 17.1 Å². The van der Waals surface area contributed by atoms with Gasteiger partial charge in [0.2, 0.25) is 0 Å². The number of rotatable bonds is 3. The molecule has 0 atom stereocenters. The third-order valence-electron chi connectivity index (χ3n) is 4.33. The van der Waals surface area contributed by atoms with Crippen LogP contribution in [0.1, 0.15) is 36.9 Å². The van der Waals surface area contributed by atoms with Gasteiger partial charge in [-0.05, 0) is 28.8 Å². The summed E-state index contributed by atoms with van der Waals surface area (Å²) in [6.07, 6.45) is 9.47. The normalized spacial score (nSPS) is 19.8. The summed E-state index contributed by atoms with van der Waals surface area (Å²) in [6, 6.07) is 2.61. The molecule has 4 rings (SSSR count). The lowest BCUT2D eigenvalue weighted by atomic mass is 9.83. The first-order valence-corrected chi connectivity index (χ1v) is 7.85. The molecule has 3 heterocycles. The molecule has 0 bridgehead atoms. The van der Waals surface area contributed by atoms with Crippen LogP contribution >= 0.6 is 15.9 Å². The molecule has 1 saturated carbocycles. The lowest BCUT2D eigenvalue weighted by Gasteiger charge is -2.40. The van der Waals surface area contributed by atoms with Crippen molar-refractivity contribution in [2.24, 2.45) is 0 Å². The molecule has 20 heavy (non-hydrogen) atoms. The van der Waals surface area contributed by atoms with Crippen molar-refractivity contribution in [3.05, 3.63) is 35.0 Å². The summed E-state index contributed by atoms with van der Waals surface area (Å²) in [6.45, 7) is 1.94. The van der Waals surface area contributed by atoms with Gasteiger partial charge in [0.15, 0.2) is 0 Å². The van der Waals surface area contributed by atoms with Crippen molar-refractivity contribution in [3.63, 3.8) is 0 Å². The van der Waals surface area contributed by atoms with E-state index >= 15 is 0 Å². The van der Waals surface area contributed by atoms with Crippen LogP contribution in [0.15, 0.2) is 29.3 Å². The minimum absolute atomic E-state index is 0.448. The van der Waals surface area contributed by atoms with Crippen LogP contribution in [-0.2, 0) is 0 Å². The Hall–Kier alpha value is -1.43. The Bertz CT molecular complexity index is 616. The van der Waals surface area contributed by atoms with Gasteiger partial charge < -0.3 is 4.90 Å². The molecular weight excluding hydrogens is 318 g/mol. The van der Waals surface area contributed by atoms with E-state index in [4.69, 9.17) is 0 Å². The predicted octanol–water partition coefficient (Wildman–Crippen LogP) is 2.76. The lowest BCUT2D eigenvalue weighted by molar-refractivity contribution is 0.364. The summed E-state index contributed by atoms with van der Waals surface area (Å²) in [5, 5.41) is 4.34. The van der Waals surface area contributed by atoms with Gasteiger partial charge in [0.25, 0.3) is 0 Å². The van der Waals surface area contributed by atoms with E-state index in [1.54, 1.807) is 6.33 Å². The van der Waals surface area contributed by atoms with Gasteiger partial charge in [-0.3, -0.25) is 4.68 Å². The van der Waals surface area contributed by atoms with E-state index in [0.29, 0.717) is 12.0 Å². The number of nitrogens with zero attached hydrogens (tertiary/aromatic N) is 5. The molecule has 1 aliphatic heterocycles. The third-order valence-corrected chi connectivity index (χ3v) is 4.74. The van der Waals surface area contributed by atoms with E-state index in [9.17, 15) is 0 Å². The number of anilines is 1. The molecule has 0 radical (unpaired) electrons. The first kappa shape index (κ1) is 12.3. The van der Waals surface area contributed by atoms with Crippen LogP contribution in [0.2, 0.25) is 0 Å². The molecule has 2 aliphatic rings. The molecule has 2 aromatic rings. The fourth-order valence-corrected chi connectivity index (χ4v) is 3.09. The van der Waals surface area contributed by atoms with Crippen LogP contribution in [0.4, 0.5) is 5.82 Å². The highest BCUT2D eigenvalue weighted by atomic mass is 79.9. The van der Waals surface area contributed by atoms with E-state index < -0.39 is 0 Å². The van der Waals surface area contributed by atoms with Crippen LogP contribution in [0.3, 0.4) is 0 Å². The van der Waals surface area contributed by atoms with Crippen LogP contribution in [-0.4, -0.2) is 32.8 Å². The second kappa shape index (κ2) is 4.84. The molecule has 0 amide bonds. The predicted molar refractivity (Wildman–Crippen MR) is 79.8 cm³/mol. The molecule has 104 valence electrons. The van der Waals surface area contributed by atoms with Crippen molar-refractivity contribution in [1.82, 2.24) is 19.7 Å². The van der Waals surface area contributed by atoms with Crippen LogP contribution < -0.4 is 4.90 Å². The van der Waals surface area contributed by atoms with E-state index in [2.05, 4.69) is 42.0 Å². The van der Waals surface area contributed by atoms with Gasteiger partial charge in [-0.25, -0.2) is 9.97 Å². The minimum atomic E-state index is 0.448. The highest BCUT2D eigenvalue weighted by Gasteiger charge is 2.30. The van der Waals surface area contributed by atoms with Crippen LogP contribution in [0.5, 0.6) is 0 Å². The summed E-state index contributed by atoms with van der Waals surface area (Å²) in [5.41, 5.74) is 1.21. The summed E-state index contributed by atoms with van der Waals surface area (Å²) in [4.78, 5) is 11.1. The Morgan fingerprint density at radius 3 is 2.70 bits per heavy atom. The molecule has 5 nitrogen and oxygen atoms in total. The fraction of sp³-hybridized carbons (Fsp3) is 0.500. The zero-order chi connectivity index (χ0) is 13.5. The molecule has 0 unspecified atom stereocenters. The lowest BCUT2D eigenvalue weighted by Crippen LogP contribution is -2.48. The van der Waals surface area contributed by atoms with Gasteiger partial charge in [-0.15, -0.1) is 0 Å². The van der Waals surface area contributed by atoms with E-state index in [1.165, 1.54) is 25.0 Å². The third kappa shape index (κ3) is 2.12. The maximum absolute atomic E-state index is 4.42. The highest BCUT2D eigenvalue weighted by Crippen LogP contribution is 2.36. The Balaban J connectivity index is 1.45. The molecule has 0 spiro atoms. The maximum atomic E-state index is 4.42. The molecule has 2 fully saturated rings. The van der Waals surface area contributed by atoms with Crippen molar-refractivity contribution < 1.29 is 0 Å². The van der Waals surface area contributed by atoms with Crippen molar-refractivity contribution >= 4 is 21.7 Å². The van der Waals surface area contributed by atoms with E-state index in [0.717, 1.165) is 23.4 Å². The fourth-order valence-electron chi connectivity index (χ4n) is 2.79. The molecule has 6 heteroatoms. The maximum Gasteiger partial charge on any atom is 0.132 e. The quantitative estimate of drug-likeness (QED) is 0.866. The summed E-state index contributed by atoms with van der Waals surface area (Å²) in [5.74, 6) is 1.72. The molecule has 0 aromatic carbocycles. The van der Waals surface area contributed by atoms with Crippen molar-refractivity contribution in [1.29, 1.82) is 0 Å². The molecule has 1 aliphatic carbocycles. The number of aromatic nitrogens is 4. The second-order valence-electron chi connectivity index (χ2n) is 5.63. The Morgan fingerprint density at radius 1 is 1.20 bits per heavy atom. The number of halogens is 1. The van der Waals surface area contributed by atoms with Gasteiger partial charge in [-0.2, -0.15) is 5.10 Å². The SMILES string of the molecule is Brc1cnn(C2CN(c3cc(C4CCC4)ncn3)C2)c1. The van der Waals surface area contributed by atoms with Crippen molar-refractivity contribution in [2.45, 2.75) is 31.2 Å². The summed E-state index contributed by atoms with van der Waals surface area (Å²) in [7, 11) is 0. The standard InChI is InChI=1S/C14H16BrN5/c15-11-5-18-20(6-11)12-7-19(8-12)14-4-13(16-9-17-14)10-2-1-3-10/h4-6,9-10,12H,1-3,7-8H2. The van der Waals surface area contributed by atoms with Crippen LogP contribution in [0.25, 0.3) is 0 Å². The zero-order valence-electron chi connectivity index (χ0n) is 11.1. The smallest absolute Gasteiger partial charge is 0.132 e. The van der Waals surface area contributed by atoms with Gasteiger partial charge in [0.05, 0.1) is 16.7 Å². The van der Waals surface area contributed by atoms with Gasteiger partial charge in [-0.1, -0.05) is 6.42 Å². The first-order chi connectivity index (χ1) is 9.79. The number of hydrogen-bond acceptors (Lipinski definition) is 4. The first-order valence-electron chi connectivity index (χ1n) is 7.06. The summed E-state index contributed by atoms with van der Waals surface area (Å²) < 4.78 is 3.06. The summed E-state index contributed by atoms with van der Waals surface area (Å²) >= 11 is 3.44. The van der Waals surface area contributed by atoms with Crippen LogP contribution in [0, 0.1) is 0 Å². The molecule has 0 N–H and O–H groups in total. The van der Waals surface area contributed by atoms with Gasteiger partial charge >= 0.3 is 0 Å².